The van der Waals surface area contributed by atoms with Gasteiger partial charge in [-0.2, -0.15) is 0 Å². The highest BCUT2D eigenvalue weighted by molar-refractivity contribution is 5.80. The molecule has 0 aliphatic carbocycles. The fraction of sp³-hybridized carbons (Fsp3) is 0.846. The van der Waals surface area contributed by atoms with Crippen molar-refractivity contribution in [1.29, 1.82) is 0 Å². The van der Waals surface area contributed by atoms with Crippen LogP contribution in [-0.2, 0) is 4.79 Å². The topological polar surface area (TPSA) is 60.9 Å². The van der Waals surface area contributed by atoms with Gasteiger partial charge < -0.3 is 14.9 Å². The van der Waals surface area contributed by atoms with Crippen molar-refractivity contribution < 1.29 is 14.7 Å². The molecule has 0 aliphatic heterocycles. The number of carboxylic acid groups (broad SMARTS) is 1. The van der Waals surface area contributed by atoms with Gasteiger partial charge in [-0.1, -0.05) is 13.8 Å². The maximum Gasteiger partial charge on any atom is 0.323 e. The monoisotopic (exact) mass is 258 g/mol. The van der Waals surface area contributed by atoms with Gasteiger partial charge in [0.05, 0.1) is 0 Å². The molecule has 0 aromatic rings. The van der Waals surface area contributed by atoms with Gasteiger partial charge in [-0.3, -0.25) is 4.79 Å². The summed E-state index contributed by atoms with van der Waals surface area (Å²) in [7, 11) is 0. The zero-order valence-electron chi connectivity index (χ0n) is 12.1. The van der Waals surface area contributed by atoms with E-state index in [-0.39, 0.29) is 24.7 Å². The summed E-state index contributed by atoms with van der Waals surface area (Å²) in [6.45, 7) is 10.1. The van der Waals surface area contributed by atoms with E-state index >= 15 is 0 Å². The summed E-state index contributed by atoms with van der Waals surface area (Å²) in [5.74, 6) is -0.969. The number of amides is 2. The van der Waals surface area contributed by atoms with E-state index in [2.05, 4.69) is 0 Å². The molecule has 1 N–H and O–H groups in total. The number of carboxylic acids is 1. The summed E-state index contributed by atoms with van der Waals surface area (Å²) in [6.07, 6.45) is 1.61. The van der Waals surface area contributed by atoms with Crippen molar-refractivity contribution in [2.45, 2.75) is 59.5 Å². The van der Waals surface area contributed by atoms with Crippen LogP contribution in [0.4, 0.5) is 4.79 Å². The van der Waals surface area contributed by atoms with E-state index in [0.717, 1.165) is 12.8 Å². The number of carbonyl (C=O) groups excluding carboxylic acids is 1. The first-order valence-corrected chi connectivity index (χ1v) is 6.67. The van der Waals surface area contributed by atoms with Gasteiger partial charge in [-0.25, -0.2) is 4.79 Å². The van der Waals surface area contributed by atoms with Crippen LogP contribution in [-0.4, -0.2) is 52.1 Å². The van der Waals surface area contributed by atoms with Crippen molar-refractivity contribution in [3.05, 3.63) is 0 Å². The van der Waals surface area contributed by atoms with Crippen LogP contribution < -0.4 is 0 Å². The van der Waals surface area contributed by atoms with Gasteiger partial charge in [0.25, 0.3) is 0 Å². The lowest BCUT2D eigenvalue weighted by atomic mass is 10.2. The second-order valence-electron chi connectivity index (χ2n) is 4.60. The Balaban J connectivity index is 4.96. The number of rotatable bonds is 7. The number of carbonyl (C=O) groups is 2. The first-order valence-electron chi connectivity index (χ1n) is 6.67. The predicted molar refractivity (Wildman–Crippen MR) is 71.6 cm³/mol. The largest absolute Gasteiger partial charge is 0.480 e. The highest BCUT2D eigenvalue weighted by Gasteiger charge is 2.27. The molecule has 5 heteroatoms. The predicted octanol–water partition coefficient (Wildman–Crippen LogP) is 2.41. The van der Waals surface area contributed by atoms with Crippen LogP contribution in [0.1, 0.15) is 47.5 Å². The molecule has 106 valence electrons. The molecule has 0 radical (unpaired) electrons. The highest BCUT2D eigenvalue weighted by Crippen LogP contribution is 2.12. The molecule has 0 fully saturated rings. The average molecular weight is 258 g/mol. The maximum absolute atomic E-state index is 12.4. The zero-order valence-corrected chi connectivity index (χ0v) is 12.1. The Labute approximate surface area is 110 Å². The minimum absolute atomic E-state index is 0.0632. The van der Waals surface area contributed by atoms with Gasteiger partial charge in [-0.15, -0.1) is 0 Å². The van der Waals surface area contributed by atoms with Gasteiger partial charge in [-0.05, 0) is 33.6 Å². The van der Waals surface area contributed by atoms with Crippen molar-refractivity contribution in [1.82, 2.24) is 9.80 Å². The molecule has 2 amide bonds. The van der Waals surface area contributed by atoms with Gasteiger partial charge in [0.15, 0.2) is 0 Å². The van der Waals surface area contributed by atoms with Gasteiger partial charge in [0.1, 0.15) is 6.54 Å². The quantitative estimate of drug-likeness (QED) is 0.762. The SMILES string of the molecule is CCC(C)N(CC)C(=O)N(CC(=O)O)C(C)CC. The first-order chi connectivity index (χ1) is 8.38. The Hall–Kier alpha value is -1.26. The smallest absolute Gasteiger partial charge is 0.323 e. The molecule has 0 heterocycles. The molecule has 0 aliphatic rings. The lowest BCUT2D eigenvalue weighted by Crippen LogP contribution is -2.51. The van der Waals surface area contributed by atoms with Crippen LogP contribution in [0, 0.1) is 0 Å². The minimum atomic E-state index is -0.969. The summed E-state index contributed by atoms with van der Waals surface area (Å²) in [4.78, 5) is 26.4. The molecule has 0 aromatic carbocycles. The summed E-state index contributed by atoms with van der Waals surface area (Å²) in [5, 5.41) is 8.92. The number of nitrogens with zero attached hydrogens (tertiary/aromatic N) is 2. The normalized spacial score (nSPS) is 13.8. The molecule has 0 saturated heterocycles. The van der Waals surface area contributed by atoms with Crippen LogP contribution in [0.2, 0.25) is 0 Å². The Morgan fingerprint density at radius 3 is 1.78 bits per heavy atom. The number of hydrogen-bond donors (Lipinski definition) is 1. The summed E-state index contributed by atoms with van der Waals surface area (Å²) in [5.41, 5.74) is 0. The number of hydrogen-bond acceptors (Lipinski definition) is 2. The van der Waals surface area contributed by atoms with E-state index in [1.54, 1.807) is 4.90 Å². The van der Waals surface area contributed by atoms with Gasteiger partial charge in [0, 0.05) is 18.6 Å². The van der Waals surface area contributed by atoms with Crippen LogP contribution >= 0.6 is 0 Å². The lowest BCUT2D eigenvalue weighted by molar-refractivity contribution is -0.138. The van der Waals surface area contributed by atoms with Gasteiger partial charge >= 0.3 is 12.0 Å². The Morgan fingerprint density at radius 2 is 1.44 bits per heavy atom. The Morgan fingerprint density at radius 1 is 1.00 bits per heavy atom. The van der Waals surface area contributed by atoms with E-state index in [1.807, 2.05) is 34.6 Å². The first kappa shape index (κ1) is 16.7. The molecule has 0 bridgehead atoms. The molecule has 0 spiro atoms. The summed E-state index contributed by atoms with van der Waals surface area (Å²) >= 11 is 0. The van der Waals surface area contributed by atoms with Crippen molar-refractivity contribution in [2.24, 2.45) is 0 Å². The van der Waals surface area contributed by atoms with E-state index in [1.165, 1.54) is 4.90 Å². The third kappa shape index (κ3) is 4.55. The minimum Gasteiger partial charge on any atom is -0.480 e. The fourth-order valence-corrected chi connectivity index (χ4v) is 1.80. The molecular formula is C13H26N2O3. The van der Waals surface area contributed by atoms with Gasteiger partial charge in [0.2, 0.25) is 0 Å². The van der Waals surface area contributed by atoms with Crippen LogP contribution in [0.3, 0.4) is 0 Å². The average Bonchev–Trinajstić information content (AvgIpc) is 2.35. The molecule has 0 rings (SSSR count). The van der Waals surface area contributed by atoms with Crippen LogP contribution in [0.15, 0.2) is 0 Å². The molecule has 18 heavy (non-hydrogen) atoms. The maximum atomic E-state index is 12.4. The van der Waals surface area contributed by atoms with Crippen molar-refractivity contribution in [2.75, 3.05) is 13.1 Å². The van der Waals surface area contributed by atoms with Crippen molar-refractivity contribution >= 4 is 12.0 Å². The Bertz CT molecular complexity index is 281. The molecule has 0 aromatic heterocycles. The second kappa shape index (κ2) is 7.95. The third-order valence-corrected chi connectivity index (χ3v) is 3.38. The van der Waals surface area contributed by atoms with E-state index in [9.17, 15) is 9.59 Å². The summed E-state index contributed by atoms with van der Waals surface area (Å²) in [6, 6.07) is -0.113. The summed E-state index contributed by atoms with van der Waals surface area (Å²) < 4.78 is 0. The molecular weight excluding hydrogens is 232 g/mol. The second-order valence-corrected chi connectivity index (χ2v) is 4.60. The lowest BCUT2D eigenvalue weighted by Gasteiger charge is -2.35. The standard InChI is InChI=1S/C13H26N2O3/c1-6-10(4)14(8-3)13(18)15(9-12(16)17)11(5)7-2/h10-11H,6-9H2,1-5H3,(H,16,17). The third-order valence-electron chi connectivity index (χ3n) is 3.38. The van der Waals surface area contributed by atoms with Crippen molar-refractivity contribution in [3.8, 4) is 0 Å². The zero-order chi connectivity index (χ0) is 14.3. The Kier molecular flexibility index (Phi) is 7.39. The molecule has 0 saturated carbocycles. The van der Waals surface area contributed by atoms with Crippen LogP contribution in [0.25, 0.3) is 0 Å². The highest BCUT2D eigenvalue weighted by atomic mass is 16.4. The number of aliphatic carboxylic acids is 1. The fourth-order valence-electron chi connectivity index (χ4n) is 1.80. The molecule has 2 unspecified atom stereocenters. The van der Waals surface area contributed by atoms with E-state index < -0.39 is 5.97 Å². The van der Waals surface area contributed by atoms with Crippen LogP contribution in [0.5, 0.6) is 0 Å². The van der Waals surface area contributed by atoms with E-state index in [0.29, 0.717) is 6.54 Å². The van der Waals surface area contributed by atoms with Crippen molar-refractivity contribution in [3.63, 3.8) is 0 Å². The molecule has 2 atom stereocenters. The van der Waals surface area contributed by atoms with E-state index in [4.69, 9.17) is 5.11 Å². The number of urea groups is 1. The molecule has 5 nitrogen and oxygen atoms in total.